The Morgan fingerprint density at radius 1 is 0.976 bits per heavy atom. The van der Waals surface area contributed by atoms with E-state index in [2.05, 4.69) is 22.3 Å². The van der Waals surface area contributed by atoms with E-state index in [0.29, 0.717) is 16.6 Å². The van der Waals surface area contributed by atoms with Crippen LogP contribution in [0, 0.1) is 5.92 Å². The number of benzene rings is 3. The van der Waals surface area contributed by atoms with Crippen LogP contribution >= 0.6 is 23.2 Å². The van der Waals surface area contributed by atoms with Crippen LogP contribution in [-0.4, -0.2) is 55.4 Å². The van der Waals surface area contributed by atoms with Crippen LogP contribution in [0.25, 0.3) is 0 Å². The fourth-order valence-electron chi connectivity index (χ4n) is 6.53. The largest absolute Gasteiger partial charge is 0.497 e. The highest BCUT2D eigenvalue weighted by Crippen LogP contribution is 2.57. The molecule has 1 aliphatic heterocycles. The summed E-state index contributed by atoms with van der Waals surface area (Å²) >= 11 is 12.7. The molecule has 0 radical (unpaired) electrons. The summed E-state index contributed by atoms with van der Waals surface area (Å²) < 4.78 is 5.38. The van der Waals surface area contributed by atoms with Crippen molar-refractivity contribution in [2.75, 3.05) is 33.8 Å². The predicted molar refractivity (Wildman–Crippen MR) is 163 cm³/mol. The minimum absolute atomic E-state index is 0.0206. The van der Waals surface area contributed by atoms with Crippen molar-refractivity contribution in [3.8, 4) is 5.75 Å². The SMILES string of the molecule is COc1cccc(CN(C)C(=O)C2(c3ccc(Cl)c(Cl)c3)CC2CN2CCC(NC(C)=O)(c3ccccc3)CC2)c1. The van der Waals surface area contributed by atoms with Gasteiger partial charge in [-0.25, -0.2) is 0 Å². The highest BCUT2D eigenvalue weighted by molar-refractivity contribution is 6.42. The highest BCUT2D eigenvalue weighted by Gasteiger charge is 2.62. The first-order valence-corrected chi connectivity index (χ1v) is 14.8. The zero-order valence-electron chi connectivity index (χ0n) is 23.8. The van der Waals surface area contributed by atoms with Crippen LogP contribution in [0.1, 0.15) is 42.9 Å². The Morgan fingerprint density at radius 3 is 2.37 bits per heavy atom. The standard InChI is InChI=1S/C33H37Cl2N3O3/c1-23(39)36-32(25-9-5-4-6-10-25)14-16-38(17-15-32)22-27-20-33(27,26-12-13-29(34)30(35)19-26)31(40)37(2)21-24-8-7-11-28(18-24)41-3/h4-13,18-19,27H,14-17,20-22H2,1-3H3,(H,36,39). The molecule has 41 heavy (non-hydrogen) atoms. The number of ether oxygens (including phenoxy) is 1. The third-order valence-electron chi connectivity index (χ3n) is 8.75. The Labute approximate surface area is 252 Å². The van der Waals surface area contributed by atoms with Crippen molar-refractivity contribution in [1.82, 2.24) is 15.1 Å². The number of hydrogen-bond acceptors (Lipinski definition) is 4. The third kappa shape index (κ3) is 6.11. The number of methoxy groups -OCH3 is 1. The average Bonchev–Trinajstić information content (AvgIpc) is 3.70. The smallest absolute Gasteiger partial charge is 0.233 e. The average molecular weight is 595 g/mol. The first-order valence-electron chi connectivity index (χ1n) is 14.1. The van der Waals surface area contributed by atoms with Crippen molar-refractivity contribution < 1.29 is 14.3 Å². The molecule has 1 N–H and O–H groups in total. The molecule has 2 unspecified atom stereocenters. The molecule has 8 heteroatoms. The Morgan fingerprint density at radius 2 is 1.71 bits per heavy atom. The van der Waals surface area contributed by atoms with E-state index in [1.165, 1.54) is 0 Å². The summed E-state index contributed by atoms with van der Waals surface area (Å²) in [7, 11) is 3.50. The van der Waals surface area contributed by atoms with Gasteiger partial charge in [0.05, 0.1) is 28.1 Å². The monoisotopic (exact) mass is 593 g/mol. The van der Waals surface area contributed by atoms with E-state index >= 15 is 0 Å². The lowest BCUT2D eigenvalue weighted by Gasteiger charge is -2.43. The van der Waals surface area contributed by atoms with E-state index in [1.807, 2.05) is 66.5 Å². The zero-order chi connectivity index (χ0) is 29.2. The van der Waals surface area contributed by atoms with Crippen molar-refractivity contribution in [3.63, 3.8) is 0 Å². The lowest BCUT2D eigenvalue weighted by Crippen LogP contribution is -2.53. The van der Waals surface area contributed by atoms with E-state index in [0.717, 1.165) is 61.3 Å². The summed E-state index contributed by atoms with van der Waals surface area (Å²) in [6.07, 6.45) is 2.37. The molecule has 5 rings (SSSR count). The van der Waals surface area contributed by atoms with Crippen LogP contribution in [0.4, 0.5) is 0 Å². The van der Waals surface area contributed by atoms with Gasteiger partial charge >= 0.3 is 0 Å². The van der Waals surface area contributed by atoms with Gasteiger partial charge in [0.25, 0.3) is 0 Å². The fraction of sp³-hybridized carbons (Fsp3) is 0.394. The van der Waals surface area contributed by atoms with Gasteiger partial charge in [-0.2, -0.15) is 0 Å². The number of carbonyl (C=O) groups excluding carboxylic acids is 2. The van der Waals surface area contributed by atoms with Crippen molar-refractivity contribution in [2.24, 2.45) is 5.92 Å². The summed E-state index contributed by atoms with van der Waals surface area (Å²) in [4.78, 5) is 30.6. The van der Waals surface area contributed by atoms with Crippen molar-refractivity contribution >= 4 is 35.0 Å². The number of nitrogens with zero attached hydrogens (tertiary/aromatic N) is 2. The molecule has 2 fully saturated rings. The van der Waals surface area contributed by atoms with Crippen LogP contribution in [0.5, 0.6) is 5.75 Å². The lowest BCUT2D eigenvalue weighted by molar-refractivity contribution is -0.133. The Hall–Kier alpha value is -3.06. The quantitative estimate of drug-likeness (QED) is 0.328. The van der Waals surface area contributed by atoms with E-state index in [4.69, 9.17) is 27.9 Å². The van der Waals surface area contributed by atoms with Crippen LogP contribution < -0.4 is 10.1 Å². The van der Waals surface area contributed by atoms with Gasteiger partial charge in [0.2, 0.25) is 11.8 Å². The van der Waals surface area contributed by atoms with Crippen LogP contribution in [-0.2, 0) is 27.1 Å². The maximum Gasteiger partial charge on any atom is 0.233 e. The van der Waals surface area contributed by atoms with E-state index in [1.54, 1.807) is 20.1 Å². The van der Waals surface area contributed by atoms with Crippen molar-refractivity contribution in [1.29, 1.82) is 0 Å². The number of likely N-dealkylation sites (N-methyl/N-ethyl adjacent to an activating group) is 1. The molecule has 3 aromatic rings. The van der Waals surface area contributed by atoms with E-state index in [-0.39, 0.29) is 23.3 Å². The molecule has 0 bridgehead atoms. The molecule has 2 aliphatic rings. The Kier molecular flexibility index (Phi) is 8.65. The number of rotatable bonds is 9. The summed E-state index contributed by atoms with van der Waals surface area (Å²) in [5.41, 5.74) is 2.02. The van der Waals surface area contributed by atoms with Crippen molar-refractivity contribution in [3.05, 3.63) is 99.5 Å². The number of carbonyl (C=O) groups is 2. The lowest BCUT2D eigenvalue weighted by atomic mass is 9.80. The van der Waals surface area contributed by atoms with Crippen molar-refractivity contribution in [2.45, 2.75) is 43.7 Å². The minimum Gasteiger partial charge on any atom is -0.497 e. The number of nitrogens with one attached hydrogen (secondary N) is 1. The van der Waals surface area contributed by atoms with E-state index in [9.17, 15) is 9.59 Å². The molecule has 2 atom stereocenters. The molecule has 6 nitrogen and oxygen atoms in total. The number of likely N-dealkylation sites (tertiary alicyclic amines) is 1. The summed E-state index contributed by atoms with van der Waals surface area (Å²) in [6.45, 7) is 4.52. The molecule has 216 valence electrons. The molecule has 3 aromatic carbocycles. The summed E-state index contributed by atoms with van der Waals surface area (Å²) in [6, 6.07) is 23.6. The van der Waals surface area contributed by atoms with Gasteiger partial charge < -0.3 is 19.9 Å². The number of piperidine rings is 1. The van der Waals surface area contributed by atoms with Crippen LogP contribution in [0.15, 0.2) is 72.8 Å². The molecule has 1 saturated carbocycles. The Balaban J connectivity index is 1.34. The van der Waals surface area contributed by atoms with Gasteiger partial charge in [0, 0.05) is 40.2 Å². The molecule has 1 aliphatic carbocycles. The Bertz CT molecular complexity index is 1410. The highest BCUT2D eigenvalue weighted by atomic mass is 35.5. The number of halogens is 2. The van der Waals surface area contributed by atoms with Gasteiger partial charge in [0.15, 0.2) is 0 Å². The zero-order valence-corrected chi connectivity index (χ0v) is 25.3. The normalized spacial score (nSPS) is 21.6. The minimum atomic E-state index is -0.659. The predicted octanol–water partition coefficient (Wildman–Crippen LogP) is 6.05. The second-order valence-electron chi connectivity index (χ2n) is 11.4. The third-order valence-corrected chi connectivity index (χ3v) is 9.49. The first kappa shape index (κ1) is 29.4. The molecule has 1 saturated heterocycles. The van der Waals surface area contributed by atoms with Gasteiger partial charge in [-0.1, -0.05) is 71.7 Å². The van der Waals surface area contributed by atoms with Gasteiger partial charge in [-0.05, 0) is 66.1 Å². The maximum atomic E-state index is 14.2. The van der Waals surface area contributed by atoms with Crippen LogP contribution in [0.3, 0.4) is 0 Å². The summed E-state index contributed by atoms with van der Waals surface area (Å²) in [5.74, 6) is 0.971. The molecule has 1 heterocycles. The second kappa shape index (κ2) is 12.0. The second-order valence-corrected chi connectivity index (χ2v) is 12.3. The van der Waals surface area contributed by atoms with Gasteiger partial charge in [-0.15, -0.1) is 0 Å². The summed E-state index contributed by atoms with van der Waals surface area (Å²) in [5, 5.41) is 4.19. The maximum absolute atomic E-state index is 14.2. The molecule has 0 spiro atoms. The number of hydrogen-bond donors (Lipinski definition) is 1. The van der Waals surface area contributed by atoms with Gasteiger partial charge in [0.1, 0.15) is 5.75 Å². The number of amides is 2. The molecule has 2 amide bonds. The molecular formula is C33H37Cl2N3O3. The molecular weight excluding hydrogens is 557 g/mol. The van der Waals surface area contributed by atoms with E-state index < -0.39 is 5.41 Å². The fourth-order valence-corrected chi connectivity index (χ4v) is 6.83. The van der Waals surface area contributed by atoms with Crippen LogP contribution in [0.2, 0.25) is 10.0 Å². The van der Waals surface area contributed by atoms with Gasteiger partial charge in [-0.3, -0.25) is 9.59 Å². The topological polar surface area (TPSA) is 61.9 Å². The first-order chi connectivity index (χ1) is 19.7. The molecule has 0 aromatic heterocycles.